The SMILES string of the molecule is Cc1nn(C)c(CN2CCCC(CCN)C2)c1Br. The van der Waals surface area contributed by atoms with Crippen LogP contribution in [-0.2, 0) is 13.6 Å². The minimum absolute atomic E-state index is 0.775. The molecule has 1 fully saturated rings. The Bertz CT molecular complexity index is 400. The lowest BCUT2D eigenvalue weighted by atomic mass is 9.95. The molecule has 18 heavy (non-hydrogen) atoms. The highest BCUT2D eigenvalue weighted by Gasteiger charge is 2.21. The van der Waals surface area contributed by atoms with Crippen molar-refractivity contribution < 1.29 is 0 Å². The fraction of sp³-hybridized carbons (Fsp3) is 0.769. The van der Waals surface area contributed by atoms with Crippen LogP contribution >= 0.6 is 15.9 Å². The van der Waals surface area contributed by atoms with Crippen LogP contribution < -0.4 is 5.73 Å². The molecule has 0 aromatic carbocycles. The van der Waals surface area contributed by atoms with Gasteiger partial charge in [-0.3, -0.25) is 9.58 Å². The number of likely N-dealkylation sites (tertiary alicyclic amines) is 1. The van der Waals surface area contributed by atoms with Crippen molar-refractivity contribution in [2.45, 2.75) is 32.7 Å². The minimum atomic E-state index is 0.775. The quantitative estimate of drug-likeness (QED) is 0.925. The van der Waals surface area contributed by atoms with Crippen molar-refractivity contribution in [3.05, 3.63) is 15.9 Å². The maximum Gasteiger partial charge on any atom is 0.0739 e. The molecule has 0 spiro atoms. The van der Waals surface area contributed by atoms with E-state index in [9.17, 15) is 0 Å². The van der Waals surface area contributed by atoms with Crippen molar-refractivity contribution in [2.24, 2.45) is 18.7 Å². The van der Waals surface area contributed by atoms with Crippen molar-refractivity contribution in [1.82, 2.24) is 14.7 Å². The molecule has 2 N–H and O–H groups in total. The monoisotopic (exact) mass is 314 g/mol. The number of halogens is 1. The first-order valence-electron chi connectivity index (χ1n) is 6.72. The third-order valence-electron chi connectivity index (χ3n) is 3.81. The zero-order valence-corrected chi connectivity index (χ0v) is 12.9. The molecule has 0 bridgehead atoms. The number of nitrogens with two attached hydrogens (primary N) is 1. The van der Waals surface area contributed by atoms with Crippen LogP contribution in [0.3, 0.4) is 0 Å². The summed E-state index contributed by atoms with van der Waals surface area (Å²) < 4.78 is 3.15. The van der Waals surface area contributed by atoms with Gasteiger partial charge >= 0.3 is 0 Å². The van der Waals surface area contributed by atoms with Gasteiger partial charge in [0.05, 0.1) is 15.9 Å². The highest BCUT2D eigenvalue weighted by atomic mass is 79.9. The molecule has 1 atom stereocenters. The molecule has 0 saturated carbocycles. The van der Waals surface area contributed by atoms with Crippen LogP contribution in [0.2, 0.25) is 0 Å². The van der Waals surface area contributed by atoms with E-state index in [0.29, 0.717) is 0 Å². The van der Waals surface area contributed by atoms with E-state index in [-0.39, 0.29) is 0 Å². The van der Waals surface area contributed by atoms with Gasteiger partial charge in [-0.25, -0.2) is 0 Å². The summed E-state index contributed by atoms with van der Waals surface area (Å²) in [7, 11) is 2.02. The second-order valence-corrected chi connectivity index (χ2v) is 6.08. The lowest BCUT2D eigenvalue weighted by molar-refractivity contribution is 0.159. The smallest absolute Gasteiger partial charge is 0.0739 e. The third kappa shape index (κ3) is 3.13. The summed E-state index contributed by atoms with van der Waals surface area (Å²) in [5.74, 6) is 0.775. The number of aromatic nitrogens is 2. The molecule has 5 heteroatoms. The predicted molar refractivity (Wildman–Crippen MR) is 77.3 cm³/mol. The van der Waals surface area contributed by atoms with Gasteiger partial charge in [-0.1, -0.05) is 0 Å². The summed E-state index contributed by atoms with van der Waals surface area (Å²) in [6, 6.07) is 0. The maximum atomic E-state index is 5.67. The zero-order valence-electron chi connectivity index (χ0n) is 11.3. The lowest BCUT2D eigenvalue weighted by Crippen LogP contribution is -2.36. The van der Waals surface area contributed by atoms with Crippen LogP contribution in [0.5, 0.6) is 0 Å². The summed E-state index contributed by atoms with van der Waals surface area (Å²) in [6.07, 6.45) is 3.78. The molecule has 0 aliphatic carbocycles. The Labute approximate surface area is 118 Å². The van der Waals surface area contributed by atoms with E-state index in [1.165, 1.54) is 31.6 Å². The number of piperidine rings is 1. The van der Waals surface area contributed by atoms with Crippen LogP contribution in [0.1, 0.15) is 30.7 Å². The molecule has 4 nitrogen and oxygen atoms in total. The summed E-state index contributed by atoms with van der Waals surface area (Å²) in [5.41, 5.74) is 8.02. The van der Waals surface area contributed by atoms with Crippen LogP contribution in [0, 0.1) is 12.8 Å². The average Bonchev–Trinajstić information content (AvgIpc) is 2.57. The zero-order chi connectivity index (χ0) is 13.1. The molecule has 1 aromatic heterocycles. The Morgan fingerprint density at radius 3 is 2.89 bits per heavy atom. The van der Waals surface area contributed by atoms with Crippen molar-refractivity contribution in [3.63, 3.8) is 0 Å². The Kier molecular flexibility index (Phi) is 4.81. The minimum Gasteiger partial charge on any atom is -0.330 e. The van der Waals surface area contributed by atoms with Crippen LogP contribution in [0.15, 0.2) is 4.47 Å². The van der Waals surface area contributed by atoms with E-state index >= 15 is 0 Å². The molecule has 2 rings (SSSR count). The van der Waals surface area contributed by atoms with Gasteiger partial charge in [-0.2, -0.15) is 5.10 Å². The Morgan fingerprint density at radius 2 is 2.28 bits per heavy atom. The molecular formula is C13H23BrN4. The first kappa shape index (κ1) is 14.0. The predicted octanol–water partition coefficient (Wildman–Crippen LogP) is 2.05. The highest BCUT2D eigenvalue weighted by Crippen LogP contribution is 2.25. The van der Waals surface area contributed by atoms with Crippen molar-refractivity contribution in [1.29, 1.82) is 0 Å². The molecule has 0 radical (unpaired) electrons. The fourth-order valence-electron chi connectivity index (χ4n) is 2.83. The van der Waals surface area contributed by atoms with Gasteiger partial charge in [0.25, 0.3) is 0 Å². The normalized spacial score (nSPS) is 21.4. The summed E-state index contributed by atoms with van der Waals surface area (Å²) in [4.78, 5) is 2.53. The molecule has 2 heterocycles. The highest BCUT2D eigenvalue weighted by molar-refractivity contribution is 9.10. The van der Waals surface area contributed by atoms with Crippen molar-refractivity contribution >= 4 is 15.9 Å². The number of nitrogens with zero attached hydrogens (tertiary/aromatic N) is 3. The third-order valence-corrected chi connectivity index (χ3v) is 4.84. The standard InChI is InChI=1S/C13H23BrN4/c1-10-13(14)12(17(2)16-10)9-18-7-3-4-11(8-18)5-6-15/h11H,3-9,15H2,1-2H3. The number of hydrogen-bond donors (Lipinski definition) is 1. The second-order valence-electron chi connectivity index (χ2n) is 5.29. The Hall–Kier alpha value is -0.390. The lowest BCUT2D eigenvalue weighted by Gasteiger charge is -2.32. The van der Waals surface area contributed by atoms with Gasteiger partial charge in [0.2, 0.25) is 0 Å². The number of rotatable bonds is 4. The van der Waals surface area contributed by atoms with Crippen molar-refractivity contribution in [3.8, 4) is 0 Å². The van der Waals surface area contributed by atoms with Crippen molar-refractivity contribution in [2.75, 3.05) is 19.6 Å². The number of hydrogen-bond acceptors (Lipinski definition) is 3. The first-order valence-corrected chi connectivity index (χ1v) is 7.51. The van der Waals surface area contributed by atoms with Gasteiger partial charge in [-0.05, 0) is 61.1 Å². The van der Waals surface area contributed by atoms with Gasteiger partial charge in [0.1, 0.15) is 0 Å². The van der Waals surface area contributed by atoms with Gasteiger partial charge in [0, 0.05) is 20.1 Å². The van der Waals surface area contributed by atoms with E-state index in [1.54, 1.807) is 0 Å². The Balaban J connectivity index is 2.00. The molecule has 102 valence electrons. The second kappa shape index (κ2) is 6.17. The fourth-order valence-corrected chi connectivity index (χ4v) is 3.29. The molecule has 1 aromatic rings. The topological polar surface area (TPSA) is 47.1 Å². The Morgan fingerprint density at radius 1 is 1.50 bits per heavy atom. The molecule has 1 saturated heterocycles. The van der Waals surface area contributed by atoms with E-state index in [2.05, 4.69) is 25.9 Å². The molecular weight excluding hydrogens is 292 g/mol. The summed E-state index contributed by atoms with van der Waals surface area (Å²) in [6.45, 7) is 6.21. The molecule has 0 amide bonds. The van der Waals surface area contributed by atoms with E-state index in [0.717, 1.165) is 35.6 Å². The molecule has 1 unspecified atom stereocenters. The first-order chi connectivity index (χ1) is 8.61. The van der Waals surface area contributed by atoms with Crippen LogP contribution in [0.25, 0.3) is 0 Å². The van der Waals surface area contributed by atoms with Gasteiger partial charge in [-0.15, -0.1) is 0 Å². The molecule has 1 aliphatic rings. The van der Waals surface area contributed by atoms with Crippen LogP contribution in [-0.4, -0.2) is 34.3 Å². The van der Waals surface area contributed by atoms with E-state index in [4.69, 9.17) is 5.73 Å². The van der Waals surface area contributed by atoms with E-state index in [1.807, 2.05) is 18.7 Å². The van der Waals surface area contributed by atoms with Gasteiger partial charge < -0.3 is 5.73 Å². The summed E-state index contributed by atoms with van der Waals surface area (Å²) >= 11 is 3.64. The maximum absolute atomic E-state index is 5.67. The average molecular weight is 315 g/mol. The van der Waals surface area contributed by atoms with E-state index < -0.39 is 0 Å². The van der Waals surface area contributed by atoms with Crippen LogP contribution in [0.4, 0.5) is 0 Å². The molecule has 1 aliphatic heterocycles. The summed E-state index contributed by atoms with van der Waals surface area (Å²) in [5, 5.41) is 4.45. The largest absolute Gasteiger partial charge is 0.330 e. The van der Waals surface area contributed by atoms with Gasteiger partial charge in [0.15, 0.2) is 0 Å². The number of aryl methyl sites for hydroxylation is 2.